The first kappa shape index (κ1) is 18.7. The lowest BCUT2D eigenvalue weighted by Gasteiger charge is -2.10. The summed E-state index contributed by atoms with van der Waals surface area (Å²) < 4.78 is 7.84. The number of pyridine rings is 1. The maximum absolute atomic E-state index is 12.5. The maximum Gasteiger partial charge on any atom is 0.255 e. The lowest BCUT2D eigenvalue weighted by Crippen LogP contribution is -2.12. The molecule has 146 valence electrons. The number of ether oxygens (including phenoxy) is 1. The standard InChI is InChI=1S/C24H23N3O2/c1-16-6-7-17(2)22(13-16)26-24(28)19-8-10-21(11-9-19)29-15-20-14-27-12-4-5-18(3)23(27)25-20/h4-14H,15H2,1-3H3,(H,26,28). The van der Waals surface area contributed by atoms with Gasteiger partial charge in [0.15, 0.2) is 0 Å². The van der Waals surface area contributed by atoms with Crippen LogP contribution in [0.5, 0.6) is 5.75 Å². The van der Waals surface area contributed by atoms with Crippen molar-refractivity contribution in [2.75, 3.05) is 5.32 Å². The molecule has 0 unspecified atom stereocenters. The first-order valence-corrected chi connectivity index (χ1v) is 9.54. The topological polar surface area (TPSA) is 55.6 Å². The Morgan fingerprint density at radius 3 is 2.59 bits per heavy atom. The van der Waals surface area contributed by atoms with Gasteiger partial charge in [-0.3, -0.25) is 4.79 Å². The Kier molecular flexibility index (Phi) is 5.04. The van der Waals surface area contributed by atoms with Crippen molar-refractivity contribution in [3.8, 4) is 5.75 Å². The number of aryl methyl sites for hydroxylation is 3. The quantitative estimate of drug-likeness (QED) is 0.520. The summed E-state index contributed by atoms with van der Waals surface area (Å²) in [6.45, 7) is 6.39. The highest BCUT2D eigenvalue weighted by atomic mass is 16.5. The molecule has 2 aromatic carbocycles. The number of fused-ring (bicyclic) bond motifs is 1. The fourth-order valence-corrected chi connectivity index (χ4v) is 3.20. The van der Waals surface area contributed by atoms with Crippen LogP contribution in [0.3, 0.4) is 0 Å². The predicted octanol–water partition coefficient (Wildman–Crippen LogP) is 5.09. The number of hydrogen-bond acceptors (Lipinski definition) is 3. The molecule has 0 spiro atoms. The molecule has 2 heterocycles. The van der Waals surface area contributed by atoms with Gasteiger partial charge in [-0.15, -0.1) is 0 Å². The van der Waals surface area contributed by atoms with Crippen LogP contribution in [0.25, 0.3) is 5.65 Å². The van der Waals surface area contributed by atoms with Crippen LogP contribution in [-0.2, 0) is 6.61 Å². The average molecular weight is 385 g/mol. The third kappa shape index (κ3) is 4.14. The summed E-state index contributed by atoms with van der Waals surface area (Å²) in [5, 5.41) is 2.97. The molecule has 5 heteroatoms. The van der Waals surface area contributed by atoms with Gasteiger partial charge < -0.3 is 14.5 Å². The molecule has 0 saturated carbocycles. The Bertz CT molecular complexity index is 1180. The minimum Gasteiger partial charge on any atom is -0.487 e. The first-order valence-electron chi connectivity index (χ1n) is 9.54. The number of aromatic nitrogens is 2. The highest BCUT2D eigenvalue weighted by Crippen LogP contribution is 2.19. The van der Waals surface area contributed by atoms with E-state index in [1.807, 2.05) is 67.9 Å². The monoisotopic (exact) mass is 385 g/mol. The van der Waals surface area contributed by atoms with Gasteiger partial charge in [0.05, 0.1) is 5.69 Å². The minimum absolute atomic E-state index is 0.138. The van der Waals surface area contributed by atoms with Crippen LogP contribution >= 0.6 is 0 Å². The Morgan fingerprint density at radius 1 is 1.03 bits per heavy atom. The molecule has 0 radical (unpaired) electrons. The number of anilines is 1. The van der Waals surface area contributed by atoms with Gasteiger partial charge in [-0.05, 0) is 73.9 Å². The molecule has 0 fully saturated rings. The van der Waals surface area contributed by atoms with Crippen molar-refractivity contribution in [2.45, 2.75) is 27.4 Å². The van der Waals surface area contributed by atoms with E-state index in [4.69, 9.17) is 4.74 Å². The van der Waals surface area contributed by atoms with E-state index in [9.17, 15) is 4.79 Å². The number of nitrogens with one attached hydrogen (secondary N) is 1. The summed E-state index contributed by atoms with van der Waals surface area (Å²) in [6.07, 6.45) is 3.94. The molecule has 0 bridgehead atoms. The number of hydrogen-bond donors (Lipinski definition) is 1. The smallest absolute Gasteiger partial charge is 0.255 e. The van der Waals surface area contributed by atoms with Gasteiger partial charge in [-0.2, -0.15) is 0 Å². The molecular formula is C24H23N3O2. The Balaban J connectivity index is 1.41. The molecule has 0 aliphatic carbocycles. The van der Waals surface area contributed by atoms with Gasteiger partial charge in [0.2, 0.25) is 0 Å². The van der Waals surface area contributed by atoms with Crippen LogP contribution in [0, 0.1) is 20.8 Å². The van der Waals surface area contributed by atoms with E-state index in [0.717, 1.165) is 33.7 Å². The number of rotatable bonds is 5. The van der Waals surface area contributed by atoms with E-state index in [-0.39, 0.29) is 5.91 Å². The van der Waals surface area contributed by atoms with Crippen LogP contribution in [0.15, 0.2) is 67.0 Å². The van der Waals surface area contributed by atoms with E-state index < -0.39 is 0 Å². The summed E-state index contributed by atoms with van der Waals surface area (Å²) >= 11 is 0. The number of amides is 1. The zero-order chi connectivity index (χ0) is 20.4. The highest BCUT2D eigenvalue weighted by molar-refractivity contribution is 6.04. The summed E-state index contributed by atoms with van der Waals surface area (Å²) in [5.74, 6) is 0.558. The summed E-state index contributed by atoms with van der Waals surface area (Å²) in [6, 6.07) is 17.2. The molecule has 5 nitrogen and oxygen atoms in total. The molecule has 1 amide bonds. The van der Waals surface area contributed by atoms with Crippen molar-refractivity contribution < 1.29 is 9.53 Å². The normalized spacial score (nSPS) is 10.9. The second kappa shape index (κ2) is 7.80. The number of benzene rings is 2. The highest BCUT2D eigenvalue weighted by Gasteiger charge is 2.09. The molecule has 0 aliphatic heterocycles. The number of nitrogens with zero attached hydrogens (tertiary/aromatic N) is 2. The van der Waals surface area contributed by atoms with E-state index in [0.29, 0.717) is 17.9 Å². The molecule has 4 rings (SSSR count). The molecule has 4 aromatic rings. The van der Waals surface area contributed by atoms with Crippen LogP contribution in [0.2, 0.25) is 0 Å². The molecule has 0 saturated heterocycles. The Hall–Kier alpha value is -3.60. The van der Waals surface area contributed by atoms with Crippen LogP contribution < -0.4 is 10.1 Å². The van der Waals surface area contributed by atoms with E-state index in [2.05, 4.69) is 10.3 Å². The van der Waals surface area contributed by atoms with Gasteiger partial charge in [0, 0.05) is 23.6 Å². The van der Waals surface area contributed by atoms with Gasteiger partial charge in [-0.1, -0.05) is 18.2 Å². The Labute approximate surface area is 170 Å². The summed E-state index contributed by atoms with van der Waals surface area (Å²) in [5.41, 5.74) is 6.47. The van der Waals surface area contributed by atoms with Crippen LogP contribution in [0.1, 0.15) is 32.7 Å². The fourth-order valence-electron chi connectivity index (χ4n) is 3.20. The van der Waals surface area contributed by atoms with Crippen molar-refractivity contribution in [1.82, 2.24) is 9.38 Å². The summed E-state index contributed by atoms with van der Waals surface area (Å²) in [4.78, 5) is 17.1. The van der Waals surface area contributed by atoms with Crippen molar-refractivity contribution in [3.63, 3.8) is 0 Å². The minimum atomic E-state index is -0.138. The SMILES string of the molecule is Cc1ccc(C)c(NC(=O)c2ccc(OCc3cn4cccc(C)c4n3)cc2)c1. The molecule has 1 N–H and O–H groups in total. The average Bonchev–Trinajstić information content (AvgIpc) is 3.14. The van der Waals surface area contributed by atoms with Gasteiger partial charge in [0.25, 0.3) is 5.91 Å². The first-order chi connectivity index (χ1) is 14.0. The Morgan fingerprint density at radius 2 is 1.83 bits per heavy atom. The molecule has 0 aliphatic rings. The lowest BCUT2D eigenvalue weighted by molar-refractivity contribution is 0.102. The molecule has 29 heavy (non-hydrogen) atoms. The lowest BCUT2D eigenvalue weighted by atomic mass is 10.1. The molecular weight excluding hydrogens is 362 g/mol. The number of imidazole rings is 1. The van der Waals surface area contributed by atoms with Crippen LogP contribution in [-0.4, -0.2) is 15.3 Å². The largest absolute Gasteiger partial charge is 0.487 e. The zero-order valence-corrected chi connectivity index (χ0v) is 16.8. The number of carbonyl (C=O) groups excluding carboxylic acids is 1. The maximum atomic E-state index is 12.5. The summed E-state index contributed by atoms with van der Waals surface area (Å²) in [7, 11) is 0. The predicted molar refractivity (Wildman–Crippen MR) is 115 cm³/mol. The number of carbonyl (C=O) groups is 1. The van der Waals surface area contributed by atoms with Crippen LogP contribution in [0.4, 0.5) is 5.69 Å². The second-order valence-electron chi connectivity index (χ2n) is 7.24. The van der Waals surface area contributed by atoms with Gasteiger partial charge >= 0.3 is 0 Å². The molecule has 0 atom stereocenters. The van der Waals surface area contributed by atoms with E-state index >= 15 is 0 Å². The third-order valence-electron chi connectivity index (χ3n) is 4.87. The zero-order valence-electron chi connectivity index (χ0n) is 16.8. The molecule has 2 aromatic heterocycles. The van der Waals surface area contributed by atoms with Crippen molar-refractivity contribution >= 4 is 17.2 Å². The third-order valence-corrected chi connectivity index (χ3v) is 4.87. The van der Waals surface area contributed by atoms with Crippen molar-refractivity contribution in [1.29, 1.82) is 0 Å². The van der Waals surface area contributed by atoms with E-state index in [1.54, 1.807) is 24.3 Å². The van der Waals surface area contributed by atoms with Gasteiger partial charge in [-0.25, -0.2) is 4.98 Å². The van der Waals surface area contributed by atoms with Crippen molar-refractivity contribution in [3.05, 3.63) is 94.9 Å². The van der Waals surface area contributed by atoms with Crippen molar-refractivity contribution in [2.24, 2.45) is 0 Å². The fraction of sp³-hybridized carbons (Fsp3) is 0.167. The van der Waals surface area contributed by atoms with Gasteiger partial charge in [0.1, 0.15) is 18.0 Å². The van der Waals surface area contributed by atoms with E-state index in [1.165, 1.54) is 0 Å². The second-order valence-corrected chi connectivity index (χ2v) is 7.24.